The lowest BCUT2D eigenvalue weighted by Gasteiger charge is -2.20. The van der Waals surface area contributed by atoms with Crippen molar-refractivity contribution in [2.75, 3.05) is 13.2 Å². The number of hydrogen-bond acceptors (Lipinski definition) is 7. The number of hydrogen-bond donors (Lipinski definition) is 0. The molecule has 0 saturated heterocycles. The minimum absolute atomic E-state index is 0.170. The number of ether oxygens (including phenoxy) is 3. The quantitative estimate of drug-likeness (QED) is 0.0570. The molecule has 0 rings (SSSR count). The number of ketones is 1. The fourth-order valence-corrected chi connectivity index (χ4v) is 3.76. The molecule has 0 aliphatic carbocycles. The Morgan fingerprint density at radius 2 is 1.33 bits per heavy atom. The van der Waals surface area contributed by atoms with E-state index in [4.69, 9.17) is 14.2 Å². The van der Waals surface area contributed by atoms with Crippen LogP contribution >= 0.6 is 0 Å². The molecule has 0 N–H and O–H groups in total. The molecule has 3 atom stereocenters. The first kappa shape index (κ1) is 33.8. The summed E-state index contributed by atoms with van der Waals surface area (Å²) < 4.78 is 16.0. The Morgan fingerprint density at radius 3 is 1.89 bits per heavy atom. The lowest BCUT2D eigenvalue weighted by Crippen LogP contribution is -2.34. The fourth-order valence-electron chi connectivity index (χ4n) is 3.76. The predicted octanol–water partition coefficient (Wildman–Crippen LogP) is 6.51. The van der Waals surface area contributed by atoms with Gasteiger partial charge in [0.15, 0.2) is 6.10 Å². The second-order valence-corrected chi connectivity index (χ2v) is 9.70. The number of carbonyl (C=O) groups excluding carboxylic acids is 4. The van der Waals surface area contributed by atoms with Gasteiger partial charge in [0.1, 0.15) is 24.9 Å². The van der Waals surface area contributed by atoms with Crippen molar-refractivity contribution in [1.29, 1.82) is 0 Å². The van der Waals surface area contributed by atoms with Gasteiger partial charge in [0.05, 0.1) is 0 Å². The van der Waals surface area contributed by atoms with Crippen LogP contribution < -0.4 is 0 Å². The summed E-state index contributed by atoms with van der Waals surface area (Å²) in [4.78, 5) is 49.2. The Kier molecular flexibility index (Phi) is 19.7. The van der Waals surface area contributed by atoms with Crippen LogP contribution in [0.15, 0.2) is 11.6 Å². The maximum atomic E-state index is 12.4. The van der Waals surface area contributed by atoms with Crippen molar-refractivity contribution in [2.24, 2.45) is 11.8 Å². The number of esters is 3. The maximum Gasteiger partial charge on any atom is 0.333 e. The Bertz CT molecular complexity index is 683. The fraction of sp³-hybridized carbons (Fsp3) is 0.793. The first-order valence-electron chi connectivity index (χ1n) is 13.9. The molecule has 0 aromatic heterocycles. The summed E-state index contributed by atoms with van der Waals surface area (Å²) in [5, 5.41) is 0. The Hall–Kier alpha value is -2.18. The summed E-state index contributed by atoms with van der Waals surface area (Å²) in [6.07, 6.45) is 12.8. The van der Waals surface area contributed by atoms with Gasteiger partial charge in [-0.15, -0.1) is 0 Å². The molecule has 36 heavy (non-hydrogen) atoms. The van der Waals surface area contributed by atoms with Gasteiger partial charge in [-0.1, -0.05) is 84.6 Å². The highest BCUT2D eigenvalue weighted by Gasteiger charge is 2.28. The third kappa shape index (κ3) is 15.7. The van der Waals surface area contributed by atoms with Crippen molar-refractivity contribution in [3.8, 4) is 0 Å². The van der Waals surface area contributed by atoms with E-state index in [9.17, 15) is 19.2 Å². The molecule has 0 unspecified atom stereocenters. The second kappa shape index (κ2) is 21.0. The molecule has 208 valence electrons. The van der Waals surface area contributed by atoms with Crippen molar-refractivity contribution in [2.45, 2.75) is 125 Å². The van der Waals surface area contributed by atoms with Crippen LogP contribution in [0.5, 0.6) is 0 Å². The highest BCUT2D eigenvalue weighted by molar-refractivity contribution is 5.99. The van der Waals surface area contributed by atoms with E-state index < -0.39 is 29.9 Å². The van der Waals surface area contributed by atoms with Gasteiger partial charge in [0, 0.05) is 17.9 Å². The third-order valence-corrected chi connectivity index (χ3v) is 6.34. The van der Waals surface area contributed by atoms with E-state index in [1.165, 1.54) is 45.4 Å². The number of unbranched alkanes of at least 4 members (excludes halogenated alkanes) is 8. The van der Waals surface area contributed by atoms with Crippen LogP contribution in [0.1, 0.15) is 119 Å². The largest absolute Gasteiger partial charge is 0.461 e. The number of Topliss-reactive ketones (excluding diaryl/α,β-unsaturated/α-hetero) is 1. The van der Waals surface area contributed by atoms with Gasteiger partial charge in [-0.2, -0.15) is 0 Å². The lowest BCUT2D eigenvalue weighted by atomic mass is 9.92. The average Bonchev–Trinajstić information content (AvgIpc) is 2.87. The molecule has 0 spiro atoms. The molecule has 0 aliphatic heterocycles. The van der Waals surface area contributed by atoms with E-state index in [1.54, 1.807) is 26.8 Å². The van der Waals surface area contributed by atoms with E-state index in [0.717, 1.165) is 25.7 Å². The molecule has 0 amide bonds. The molecular weight excluding hydrogens is 460 g/mol. The van der Waals surface area contributed by atoms with Gasteiger partial charge < -0.3 is 14.2 Å². The average molecular weight is 511 g/mol. The zero-order valence-corrected chi connectivity index (χ0v) is 23.6. The van der Waals surface area contributed by atoms with Gasteiger partial charge in [0.25, 0.3) is 0 Å². The monoisotopic (exact) mass is 510 g/mol. The lowest BCUT2D eigenvalue weighted by molar-refractivity contribution is -0.168. The van der Waals surface area contributed by atoms with Gasteiger partial charge in [-0.05, 0) is 33.6 Å². The van der Waals surface area contributed by atoms with E-state index in [0.29, 0.717) is 12.0 Å². The van der Waals surface area contributed by atoms with Crippen molar-refractivity contribution < 1.29 is 33.4 Å². The van der Waals surface area contributed by atoms with Crippen LogP contribution in [-0.4, -0.2) is 43.0 Å². The summed E-state index contributed by atoms with van der Waals surface area (Å²) in [5.74, 6) is -2.92. The van der Waals surface area contributed by atoms with Gasteiger partial charge >= 0.3 is 17.9 Å². The first-order chi connectivity index (χ1) is 17.2. The topological polar surface area (TPSA) is 96.0 Å². The van der Waals surface area contributed by atoms with Gasteiger partial charge in [-0.3, -0.25) is 14.4 Å². The summed E-state index contributed by atoms with van der Waals surface area (Å²) >= 11 is 0. The van der Waals surface area contributed by atoms with E-state index >= 15 is 0 Å². The van der Waals surface area contributed by atoms with Crippen molar-refractivity contribution in [3.05, 3.63) is 11.6 Å². The van der Waals surface area contributed by atoms with Crippen LogP contribution in [0, 0.1) is 11.8 Å². The molecule has 7 nitrogen and oxygen atoms in total. The van der Waals surface area contributed by atoms with Crippen LogP contribution in [-0.2, 0) is 33.4 Å². The zero-order chi connectivity index (χ0) is 27.3. The Balaban J connectivity index is 4.67. The van der Waals surface area contributed by atoms with Crippen LogP contribution in [0.25, 0.3) is 0 Å². The smallest absolute Gasteiger partial charge is 0.333 e. The molecule has 0 aromatic carbocycles. The number of carbonyl (C=O) groups is 4. The van der Waals surface area contributed by atoms with Crippen LogP contribution in [0.3, 0.4) is 0 Å². The first-order valence-corrected chi connectivity index (χ1v) is 13.9. The number of allylic oxidation sites excluding steroid dienone is 1. The maximum absolute atomic E-state index is 12.4. The standard InChI is InChI=1S/C29H50O7/c1-7-10-11-12-13-14-15-16-17-19-26(30)36-25(20-34-28(32)22(4)9-3)21-35-29(33)24(6)27(31)23(5)18-8-2/h9,23-25H,7-8,10-21H2,1-6H3/t23-,24+,25-/m1/s1. The van der Waals surface area contributed by atoms with E-state index in [1.807, 2.05) is 6.92 Å². The predicted molar refractivity (Wildman–Crippen MR) is 141 cm³/mol. The summed E-state index contributed by atoms with van der Waals surface area (Å²) in [7, 11) is 0. The normalized spacial score (nSPS) is 14.0. The molecule has 0 fully saturated rings. The zero-order valence-electron chi connectivity index (χ0n) is 23.6. The third-order valence-electron chi connectivity index (χ3n) is 6.34. The Labute approximate surface area is 218 Å². The van der Waals surface area contributed by atoms with Crippen LogP contribution in [0.4, 0.5) is 0 Å². The molecule has 0 bridgehead atoms. The Morgan fingerprint density at radius 1 is 0.778 bits per heavy atom. The minimum Gasteiger partial charge on any atom is -0.461 e. The van der Waals surface area contributed by atoms with E-state index in [-0.39, 0.29) is 31.3 Å². The van der Waals surface area contributed by atoms with Gasteiger partial charge in [0.2, 0.25) is 0 Å². The molecule has 0 aromatic rings. The number of rotatable bonds is 21. The van der Waals surface area contributed by atoms with Crippen LogP contribution in [0.2, 0.25) is 0 Å². The minimum atomic E-state index is -0.927. The van der Waals surface area contributed by atoms with Crippen molar-refractivity contribution >= 4 is 23.7 Å². The molecule has 0 radical (unpaired) electrons. The highest BCUT2D eigenvalue weighted by atomic mass is 16.6. The second-order valence-electron chi connectivity index (χ2n) is 9.70. The molecule has 0 heterocycles. The summed E-state index contributed by atoms with van der Waals surface area (Å²) in [6, 6.07) is 0. The SMILES string of the molecule is CC=C(C)C(=O)OC[C@H](COC(=O)[C@@H](C)C(=O)[C@H](C)CCC)OC(=O)CCCCCCCCCCC. The highest BCUT2D eigenvalue weighted by Crippen LogP contribution is 2.15. The van der Waals surface area contributed by atoms with Gasteiger partial charge in [-0.25, -0.2) is 4.79 Å². The summed E-state index contributed by atoms with van der Waals surface area (Å²) in [6.45, 7) is 10.4. The van der Waals surface area contributed by atoms with Crippen molar-refractivity contribution in [3.63, 3.8) is 0 Å². The molecule has 7 heteroatoms. The van der Waals surface area contributed by atoms with E-state index in [2.05, 4.69) is 6.92 Å². The molecular formula is C29H50O7. The van der Waals surface area contributed by atoms with Crippen molar-refractivity contribution in [1.82, 2.24) is 0 Å². The molecule has 0 aliphatic rings. The molecule has 0 saturated carbocycles. The summed E-state index contributed by atoms with van der Waals surface area (Å²) in [5.41, 5.74) is 0.427.